The van der Waals surface area contributed by atoms with E-state index in [4.69, 9.17) is 0 Å². The highest BCUT2D eigenvalue weighted by Gasteiger charge is 2.54. The summed E-state index contributed by atoms with van der Waals surface area (Å²) in [5.74, 6) is -2.63. The van der Waals surface area contributed by atoms with Crippen LogP contribution in [0.1, 0.15) is 44.3 Å². The number of aliphatic hydroxyl groups is 1. The normalized spacial score (nSPS) is 24.6. The standard InChI is InChI=1S/C22H26F5N3O2/c23-14-6-15-18(16(7-14)32-19(24)25)29-17(28-15)5-13-8-20(9-13)10-30(11-20)12-21(31)1-3-22(26,27)4-2-21/h6-7,13,19,31H,1-5,8-12H2,(H,28,29). The molecule has 0 bridgehead atoms. The molecule has 1 aromatic heterocycles. The third-order valence-corrected chi connectivity index (χ3v) is 7.26. The Hall–Kier alpha value is -1.94. The van der Waals surface area contributed by atoms with Gasteiger partial charge in [0.2, 0.25) is 5.92 Å². The van der Waals surface area contributed by atoms with E-state index in [2.05, 4.69) is 19.6 Å². The Morgan fingerprint density at radius 1 is 1.16 bits per heavy atom. The maximum atomic E-state index is 13.7. The Morgan fingerprint density at radius 3 is 2.50 bits per heavy atom. The van der Waals surface area contributed by atoms with E-state index in [0.717, 1.165) is 32.0 Å². The van der Waals surface area contributed by atoms with Crippen LogP contribution in [0.15, 0.2) is 12.1 Å². The molecule has 2 N–H and O–H groups in total. The number of rotatable bonds is 6. The quantitative estimate of drug-likeness (QED) is 0.625. The number of hydrogen-bond donors (Lipinski definition) is 2. The number of hydrogen-bond acceptors (Lipinski definition) is 4. The molecule has 1 spiro atoms. The van der Waals surface area contributed by atoms with Gasteiger partial charge in [0.25, 0.3) is 0 Å². The first kappa shape index (κ1) is 21.9. The maximum Gasteiger partial charge on any atom is 0.387 e. The van der Waals surface area contributed by atoms with E-state index < -0.39 is 24.0 Å². The van der Waals surface area contributed by atoms with Gasteiger partial charge < -0.3 is 14.8 Å². The molecule has 176 valence electrons. The second kappa shape index (κ2) is 7.55. The Morgan fingerprint density at radius 2 is 1.84 bits per heavy atom. The van der Waals surface area contributed by atoms with E-state index in [1.165, 1.54) is 6.07 Å². The van der Waals surface area contributed by atoms with Crippen LogP contribution in [-0.2, 0) is 6.42 Å². The summed E-state index contributed by atoms with van der Waals surface area (Å²) in [4.78, 5) is 9.50. The van der Waals surface area contributed by atoms with Crippen LogP contribution in [0.5, 0.6) is 5.75 Å². The first-order chi connectivity index (χ1) is 15.0. The summed E-state index contributed by atoms with van der Waals surface area (Å²) >= 11 is 0. The molecule has 10 heteroatoms. The van der Waals surface area contributed by atoms with Gasteiger partial charge in [-0.2, -0.15) is 8.78 Å². The van der Waals surface area contributed by atoms with E-state index in [1.807, 2.05) is 0 Å². The molecule has 3 aliphatic rings. The minimum absolute atomic E-state index is 0.135. The summed E-state index contributed by atoms with van der Waals surface area (Å²) in [5.41, 5.74) is -0.307. The molecule has 0 amide bonds. The fourth-order valence-corrected chi connectivity index (χ4v) is 5.90. The zero-order valence-corrected chi connectivity index (χ0v) is 17.5. The number of nitrogens with one attached hydrogen (secondary N) is 1. The molecule has 0 unspecified atom stereocenters. The van der Waals surface area contributed by atoms with Gasteiger partial charge in [-0.15, -0.1) is 0 Å². The van der Waals surface area contributed by atoms with Crippen molar-refractivity contribution in [3.8, 4) is 5.75 Å². The van der Waals surface area contributed by atoms with Gasteiger partial charge >= 0.3 is 6.61 Å². The number of aromatic nitrogens is 2. The minimum atomic E-state index is -3.06. The summed E-state index contributed by atoms with van der Waals surface area (Å²) in [6.45, 7) is -0.923. The van der Waals surface area contributed by atoms with Crippen molar-refractivity contribution in [1.82, 2.24) is 14.9 Å². The monoisotopic (exact) mass is 459 g/mol. The predicted octanol–water partition coefficient (Wildman–Crippen LogP) is 4.50. The van der Waals surface area contributed by atoms with Crippen molar-refractivity contribution in [2.24, 2.45) is 11.3 Å². The summed E-state index contributed by atoms with van der Waals surface area (Å²) in [6, 6.07) is 2.11. The van der Waals surface area contributed by atoms with Crippen molar-refractivity contribution in [2.75, 3.05) is 19.6 Å². The third-order valence-electron chi connectivity index (χ3n) is 7.26. The molecule has 2 aromatic rings. The summed E-state index contributed by atoms with van der Waals surface area (Å²) in [6.07, 6.45) is 2.35. The van der Waals surface area contributed by atoms with Crippen LogP contribution in [-0.4, -0.2) is 57.7 Å². The summed E-state index contributed by atoms with van der Waals surface area (Å²) in [5, 5.41) is 10.6. The fourth-order valence-electron chi connectivity index (χ4n) is 5.90. The van der Waals surface area contributed by atoms with Gasteiger partial charge in [0.15, 0.2) is 5.75 Å². The topological polar surface area (TPSA) is 61.4 Å². The number of benzene rings is 1. The lowest BCUT2D eigenvalue weighted by atomic mass is 9.56. The van der Waals surface area contributed by atoms with Gasteiger partial charge in [-0.1, -0.05) is 0 Å². The minimum Gasteiger partial charge on any atom is -0.432 e. The number of alkyl halides is 4. The third kappa shape index (κ3) is 4.31. The van der Waals surface area contributed by atoms with E-state index in [1.54, 1.807) is 0 Å². The SMILES string of the molecule is OC1(CN2CC3(CC(Cc4nc5c(OC(F)F)cc(F)cc5[nH]4)C3)C2)CCC(F)(F)CC1. The number of nitrogens with zero attached hydrogens (tertiary/aromatic N) is 2. The first-order valence-electron chi connectivity index (χ1n) is 11.0. The van der Waals surface area contributed by atoms with Crippen LogP contribution in [0, 0.1) is 17.2 Å². The Bertz CT molecular complexity index is 987. The van der Waals surface area contributed by atoms with Crippen LogP contribution < -0.4 is 4.74 Å². The van der Waals surface area contributed by atoms with Gasteiger partial charge in [-0.05, 0) is 43.1 Å². The van der Waals surface area contributed by atoms with Crippen molar-refractivity contribution in [3.63, 3.8) is 0 Å². The summed E-state index contributed by atoms with van der Waals surface area (Å²) in [7, 11) is 0. The van der Waals surface area contributed by atoms with Crippen LogP contribution in [0.3, 0.4) is 0 Å². The average molecular weight is 459 g/mol. The fraction of sp³-hybridized carbons (Fsp3) is 0.682. The number of H-pyrrole nitrogens is 1. The highest BCUT2D eigenvalue weighted by Crippen LogP contribution is 2.53. The number of imidazole rings is 1. The van der Waals surface area contributed by atoms with Gasteiger partial charge in [0.1, 0.15) is 17.2 Å². The largest absolute Gasteiger partial charge is 0.432 e. The van der Waals surface area contributed by atoms with Crippen molar-refractivity contribution >= 4 is 11.0 Å². The number of fused-ring (bicyclic) bond motifs is 1. The average Bonchev–Trinajstić information content (AvgIpc) is 3.03. The molecule has 1 saturated heterocycles. The van der Waals surface area contributed by atoms with Crippen LogP contribution >= 0.6 is 0 Å². The van der Waals surface area contributed by atoms with Crippen molar-refractivity contribution in [1.29, 1.82) is 0 Å². The first-order valence-corrected chi connectivity index (χ1v) is 11.0. The van der Waals surface area contributed by atoms with E-state index >= 15 is 0 Å². The second-order valence-corrected chi connectivity index (χ2v) is 10.1. The molecule has 32 heavy (non-hydrogen) atoms. The van der Waals surface area contributed by atoms with E-state index in [0.29, 0.717) is 30.2 Å². The highest BCUT2D eigenvalue weighted by atomic mass is 19.3. The number of β-amino-alcohol motifs (C(OH)–C–C–N with tert-alkyl or cyclic N) is 1. The van der Waals surface area contributed by atoms with Gasteiger partial charge in [-0.3, -0.25) is 4.90 Å². The van der Waals surface area contributed by atoms with Gasteiger partial charge in [0, 0.05) is 45.0 Å². The molecule has 2 saturated carbocycles. The van der Waals surface area contributed by atoms with Crippen LogP contribution in [0.4, 0.5) is 22.0 Å². The molecule has 0 radical (unpaired) electrons. The molecule has 2 aliphatic carbocycles. The zero-order valence-electron chi connectivity index (χ0n) is 17.5. The lowest BCUT2D eigenvalue weighted by molar-refractivity contribution is -0.151. The zero-order chi connectivity index (χ0) is 22.7. The molecular weight excluding hydrogens is 433 g/mol. The number of halogens is 5. The maximum absolute atomic E-state index is 13.7. The molecule has 3 fully saturated rings. The van der Waals surface area contributed by atoms with E-state index in [-0.39, 0.29) is 42.4 Å². The predicted molar refractivity (Wildman–Crippen MR) is 106 cm³/mol. The molecular formula is C22H26F5N3O2. The Balaban J connectivity index is 1.13. The van der Waals surface area contributed by atoms with Gasteiger partial charge in [-0.25, -0.2) is 18.2 Å². The molecule has 1 aliphatic heterocycles. The van der Waals surface area contributed by atoms with E-state index in [9.17, 15) is 27.1 Å². The van der Waals surface area contributed by atoms with Crippen molar-refractivity contribution in [2.45, 2.75) is 63.1 Å². The van der Waals surface area contributed by atoms with Crippen LogP contribution in [0.2, 0.25) is 0 Å². The Labute approximate surface area is 181 Å². The smallest absolute Gasteiger partial charge is 0.387 e. The van der Waals surface area contributed by atoms with Crippen molar-refractivity contribution in [3.05, 3.63) is 23.8 Å². The molecule has 5 nitrogen and oxygen atoms in total. The number of likely N-dealkylation sites (tertiary alicyclic amines) is 1. The molecule has 0 atom stereocenters. The summed E-state index contributed by atoms with van der Waals surface area (Å²) < 4.78 is 70.0. The lowest BCUT2D eigenvalue weighted by Gasteiger charge is -2.60. The Kier molecular flexibility index (Phi) is 5.16. The molecule has 1 aromatic carbocycles. The molecule has 5 rings (SSSR count). The number of ether oxygens (including phenoxy) is 1. The number of aromatic amines is 1. The van der Waals surface area contributed by atoms with Gasteiger partial charge in [0.05, 0.1) is 11.1 Å². The lowest BCUT2D eigenvalue weighted by Crippen LogP contribution is -2.65. The van der Waals surface area contributed by atoms with Crippen LogP contribution in [0.25, 0.3) is 11.0 Å². The molecule has 2 heterocycles. The van der Waals surface area contributed by atoms with Crippen molar-refractivity contribution < 1.29 is 31.8 Å². The second-order valence-electron chi connectivity index (χ2n) is 10.1. The highest BCUT2D eigenvalue weighted by molar-refractivity contribution is 5.82.